The lowest BCUT2D eigenvalue weighted by Crippen LogP contribution is -2.28. The molecule has 2 aromatic carbocycles. The van der Waals surface area contributed by atoms with Gasteiger partial charge in [-0.3, -0.25) is 18.8 Å². The van der Waals surface area contributed by atoms with Crippen molar-refractivity contribution in [1.82, 2.24) is 24.6 Å². The van der Waals surface area contributed by atoms with Crippen LogP contribution in [-0.2, 0) is 24.4 Å². The van der Waals surface area contributed by atoms with Crippen LogP contribution >= 0.6 is 23.4 Å². The van der Waals surface area contributed by atoms with Crippen LogP contribution in [0.4, 0.5) is 0 Å². The van der Waals surface area contributed by atoms with E-state index in [1.54, 1.807) is 15.3 Å². The van der Waals surface area contributed by atoms with Crippen molar-refractivity contribution in [2.45, 2.75) is 45.6 Å². The minimum Gasteiger partial charge on any atom is -0.351 e. The molecule has 0 unspecified atom stereocenters. The Labute approximate surface area is 207 Å². The molecule has 0 saturated carbocycles. The van der Waals surface area contributed by atoms with Crippen LogP contribution < -0.4 is 10.9 Å². The first-order chi connectivity index (χ1) is 16.4. The van der Waals surface area contributed by atoms with Crippen LogP contribution in [0.3, 0.4) is 0 Å². The molecule has 9 heteroatoms. The average Bonchev–Trinajstić information content (AvgIpc) is 3.16. The number of amides is 1. The van der Waals surface area contributed by atoms with E-state index < -0.39 is 0 Å². The van der Waals surface area contributed by atoms with Crippen molar-refractivity contribution in [2.75, 3.05) is 5.75 Å². The summed E-state index contributed by atoms with van der Waals surface area (Å²) in [4.78, 5) is 30.9. The van der Waals surface area contributed by atoms with Gasteiger partial charge in [0.05, 0.1) is 18.0 Å². The topological polar surface area (TPSA) is 81.8 Å². The van der Waals surface area contributed by atoms with Crippen molar-refractivity contribution < 1.29 is 4.79 Å². The molecule has 34 heavy (non-hydrogen) atoms. The lowest BCUT2D eigenvalue weighted by molar-refractivity contribution is -0.118. The maximum absolute atomic E-state index is 13.5. The SMILES string of the molecule is CCn1nc(C)c2nc(SCC(=O)NCc3ccccc3Cl)n(Cc3ccc(C)cc3)c(=O)c21. The van der Waals surface area contributed by atoms with Gasteiger partial charge in [-0.25, -0.2) is 4.98 Å². The van der Waals surface area contributed by atoms with Gasteiger partial charge in [0.1, 0.15) is 5.52 Å². The van der Waals surface area contributed by atoms with E-state index >= 15 is 0 Å². The lowest BCUT2D eigenvalue weighted by Gasteiger charge is -2.13. The first kappa shape index (κ1) is 24.0. The summed E-state index contributed by atoms with van der Waals surface area (Å²) in [5.41, 5.74) is 4.58. The summed E-state index contributed by atoms with van der Waals surface area (Å²) in [6.07, 6.45) is 0. The maximum atomic E-state index is 13.5. The highest BCUT2D eigenvalue weighted by atomic mass is 35.5. The second-order valence-electron chi connectivity index (χ2n) is 8.03. The predicted molar refractivity (Wildman–Crippen MR) is 137 cm³/mol. The van der Waals surface area contributed by atoms with Crippen molar-refractivity contribution in [2.24, 2.45) is 0 Å². The Bertz CT molecular complexity index is 1400. The van der Waals surface area contributed by atoms with Gasteiger partial charge in [-0.05, 0) is 38.0 Å². The van der Waals surface area contributed by atoms with E-state index in [-0.39, 0.29) is 17.2 Å². The Kier molecular flexibility index (Phi) is 7.38. The molecule has 0 aliphatic carbocycles. The van der Waals surface area contributed by atoms with Gasteiger partial charge in [-0.2, -0.15) is 5.10 Å². The zero-order valence-electron chi connectivity index (χ0n) is 19.3. The summed E-state index contributed by atoms with van der Waals surface area (Å²) in [6, 6.07) is 15.4. The van der Waals surface area contributed by atoms with Gasteiger partial charge in [0.2, 0.25) is 5.91 Å². The fraction of sp³-hybridized carbons (Fsp3) is 0.280. The van der Waals surface area contributed by atoms with Crippen molar-refractivity contribution in [3.8, 4) is 0 Å². The second kappa shape index (κ2) is 10.4. The molecular formula is C25H26ClN5O2S. The Balaban J connectivity index is 1.61. The van der Waals surface area contributed by atoms with Crippen LogP contribution in [0.2, 0.25) is 5.02 Å². The van der Waals surface area contributed by atoms with Crippen molar-refractivity contribution in [3.63, 3.8) is 0 Å². The molecule has 0 atom stereocenters. The molecule has 2 heterocycles. The van der Waals surface area contributed by atoms with Gasteiger partial charge in [0, 0.05) is 18.1 Å². The number of fused-ring (bicyclic) bond motifs is 1. The van der Waals surface area contributed by atoms with Crippen LogP contribution in [0.5, 0.6) is 0 Å². The van der Waals surface area contributed by atoms with E-state index in [1.807, 2.05) is 63.2 Å². The smallest absolute Gasteiger partial charge is 0.280 e. The Morgan fingerprint density at radius 1 is 1.12 bits per heavy atom. The van der Waals surface area contributed by atoms with Crippen LogP contribution in [-0.4, -0.2) is 31.0 Å². The van der Waals surface area contributed by atoms with Crippen LogP contribution in [0.1, 0.15) is 29.3 Å². The molecule has 7 nitrogen and oxygen atoms in total. The highest BCUT2D eigenvalue weighted by Gasteiger charge is 2.19. The normalized spacial score (nSPS) is 11.2. The molecule has 0 aliphatic rings. The van der Waals surface area contributed by atoms with Gasteiger partial charge in [0.25, 0.3) is 5.56 Å². The Morgan fingerprint density at radius 2 is 1.85 bits per heavy atom. The third kappa shape index (κ3) is 5.18. The largest absolute Gasteiger partial charge is 0.351 e. The number of rotatable bonds is 8. The van der Waals surface area contributed by atoms with Gasteiger partial charge >= 0.3 is 0 Å². The third-order valence-electron chi connectivity index (χ3n) is 5.51. The number of nitrogens with zero attached hydrogens (tertiary/aromatic N) is 4. The molecule has 4 aromatic rings. The monoisotopic (exact) mass is 495 g/mol. The fourth-order valence-corrected chi connectivity index (χ4v) is 4.68. The molecule has 0 bridgehead atoms. The van der Waals surface area contributed by atoms with Gasteiger partial charge < -0.3 is 5.32 Å². The molecule has 176 valence electrons. The minimum atomic E-state index is -0.165. The van der Waals surface area contributed by atoms with Gasteiger partial charge in [-0.15, -0.1) is 0 Å². The predicted octanol–water partition coefficient (Wildman–Crippen LogP) is 4.34. The number of benzene rings is 2. The molecule has 2 aromatic heterocycles. The van der Waals surface area contributed by atoms with E-state index in [0.29, 0.717) is 46.5 Å². The molecule has 1 amide bonds. The average molecular weight is 496 g/mol. The number of carbonyl (C=O) groups excluding carboxylic acids is 1. The zero-order valence-corrected chi connectivity index (χ0v) is 20.9. The van der Waals surface area contributed by atoms with Crippen molar-refractivity contribution in [3.05, 3.63) is 86.3 Å². The number of hydrogen-bond acceptors (Lipinski definition) is 5. The quantitative estimate of drug-likeness (QED) is 0.290. The molecule has 0 saturated heterocycles. The molecular weight excluding hydrogens is 470 g/mol. The Hall–Kier alpha value is -3.10. The number of aromatic nitrogens is 4. The van der Waals surface area contributed by atoms with Crippen LogP contribution in [0, 0.1) is 13.8 Å². The van der Waals surface area contributed by atoms with E-state index in [1.165, 1.54) is 11.8 Å². The maximum Gasteiger partial charge on any atom is 0.280 e. The number of aryl methyl sites for hydroxylation is 3. The first-order valence-corrected chi connectivity index (χ1v) is 12.4. The number of hydrogen-bond donors (Lipinski definition) is 1. The van der Waals surface area contributed by atoms with E-state index in [4.69, 9.17) is 16.6 Å². The number of thioether (sulfide) groups is 1. The van der Waals surface area contributed by atoms with Gasteiger partial charge in [-0.1, -0.05) is 71.4 Å². The highest BCUT2D eigenvalue weighted by molar-refractivity contribution is 7.99. The summed E-state index contributed by atoms with van der Waals surface area (Å²) < 4.78 is 3.32. The summed E-state index contributed by atoms with van der Waals surface area (Å²) >= 11 is 7.42. The summed E-state index contributed by atoms with van der Waals surface area (Å²) in [6.45, 7) is 7.08. The number of nitrogens with one attached hydrogen (secondary N) is 1. The number of halogens is 1. The van der Waals surface area contributed by atoms with E-state index in [0.717, 1.165) is 16.7 Å². The molecule has 0 aliphatic heterocycles. The van der Waals surface area contributed by atoms with E-state index in [2.05, 4.69) is 10.4 Å². The lowest BCUT2D eigenvalue weighted by atomic mass is 10.1. The summed E-state index contributed by atoms with van der Waals surface area (Å²) in [5.74, 6) is -0.0424. The van der Waals surface area contributed by atoms with Crippen molar-refractivity contribution >= 4 is 40.3 Å². The minimum absolute atomic E-state index is 0.122. The van der Waals surface area contributed by atoms with Crippen LogP contribution in [0.15, 0.2) is 58.5 Å². The van der Waals surface area contributed by atoms with Gasteiger partial charge in [0.15, 0.2) is 10.7 Å². The summed E-state index contributed by atoms with van der Waals surface area (Å²) in [5, 5.41) is 8.46. The van der Waals surface area contributed by atoms with E-state index in [9.17, 15) is 9.59 Å². The standard InChI is InChI=1S/C25H26ClN5O2S/c1-4-31-23-22(17(3)29-31)28-25(30(24(23)33)14-18-11-9-16(2)10-12-18)34-15-21(32)27-13-19-7-5-6-8-20(19)26/h5-12H,4,13-15H2,1-3H3,(H,27,32). The first-order valence-electron chi connectivity index (χ1n) is 11.0. The molecule has 0 spiro atoms. The fourth-order valence-electron chi connectivity index (χ4n) is 3.66. The second-order valence-corrected chi connectivity index (χ2v) is 9.38. The zero-order chi connectivity index (χ0) is 24.2. The highest BCUT2D eigenvalue weighted by Crippen LogP contribution is 2.21. The third-order valence-corrected chi connectivity index (χ3v) is 6.85. The molecule has 0 radical (unpaired) electrons. The molecule has 0 fully saturated rings. The van der Waals surface area contributed by atoms with Crippen molar-refractivity contribution in [1.29, 1.82) is 0 Å². The number of carbonyl (C=O) groups is 1. The molecule has 1 N–H and O–H groups in total. The summed E-state index contributed by atoms with van der Waals surface area (Å²) in [7, 11) is 0. The Morgan fingerprint density at radius 3 is 2.56 bits per heavy atom. The molecule has 4 rings (SSSR count). The van der Waals surface area contributed by atoms with Crippen LogP contribution in [0.25, 0.3) is 11.0 Å².